The minimum Gasteiger partial charge on any atom is -0.456 e. The standard InChI is InChI=1S/C61H37N5O/c1-3-13-38(14-4-1)40-23-25-43(26-24-40)59-62-60(44-30-33-48-47-19-10-12-22-54(47)67-55(48)37-44)64-61(63-59)66-51-21-11-9-20-49(51)56-53(66)36-35-52-57(56)50-34-29-42-17-7-8-18-46(42)58(50)65(52)45-31-27-41(28-32-45)39-15-5-2-6-16-39/h1-37H. The van der Waals surface area contributed by atoms with Gasteiger partial charge in [0.15, 0.2) is 11.6 Å². The Morgan fingerprint density at radius 2 is 0.836 bits per heavy atom. The van der Waals surface area contributed by atoms with E-state index >= 15 is 0 Å². The van der Waals surface area contributed by atoms with E-state index in [0.717, 1.165) is 77.2 Å². The van der Waals surface area contributed by atoms with E-state index in [1.807, 2.05) is 24.3 Å². The molecule has 14 aromatic rings. The first-order valence-corrected chi connectivity index (χ1v) is 22.6. The lowest BCUT2D eigenvalue weighted by Crippen LogP contribution is -2.06. The molecule has 0 amide bonds. The van der Waals surface area contributed by atoms with Gasteiger partial charge in [0.05, 0.1) is 22.1 Å². The molecule has 0 bridgehead atoms. The number of hydrogen-bond donors (Lipinski definition) is 0. The highest BCUT2D eigenvalue weighted by molar-refractivity contribution is 6.31. The molecule has 0 saturated heterocycles. The van der Waals surface area contributed by atoms with Crippen LogP contribution < -0.4 is 0 Å². The van der Waals surface area contributed by atoms with Gasteiger partial charge < -0.3 is 8.98 Å². The molecule has 0 saturated carbocycles. The highest BCUT2D eigenvalue weighted by Gasteiger charge is 2.24. The average Bonchev–Trinajstić information content (AvgIpc) is 4.07. The number of furan rings is 1. The zero-order valence-corrected chi connectivity index (χ0v) is 36.0. The van der Waals surface area contributed by atoms with Crippen LogP contribution in [0.3, 0.4) is 0 Å². The van der Waals surface area contributed by atoms with Gasteiger partial charge in [-0.05, 0) is 76.2 Å². The number of nitrogens with zero attached hydrogens (tertiary/aromatic N) is 5. The van der Waals surface area contributed by atoms with E-state index in [0.29, 0.717) is 17.6 Å². The van der Waals surface area contributed by atoms with Crippen molar-refractivity contribution in [3.63, 3.8) is 0 Å². The zero-order chi connectivity index (χ0) is 44.0. The molecule has 0 aliphatic carbocycles. The fourth-order valence-corrected chi connectivity index (χ4v) is 10.3. The highest BCUT2D eigenvalue weighted by atomic mass is 16.3. The molecule has 6 heteroatoms. The van der Waals surface area contributed by atoms with Crippen LogP contribution in [0.25, 0.3) is 133 Å². The molecule has 6 nitrogen and oxygen atoms in total. The Hall–Kier alpha value is -9.13. The third-order valence-corrected chi connectivity index (χ3v) is 13.4. The number of fused-ring (bicyclic) bond motifs is 12. The van der Waals surface area contributed by atoms with Crippen LogP contribution in [0, 0.1) is 0 Å². The fraction of sp³-hybridized carbons (Fsp3) is 0. The van der Waals surface area contributed by atoms with E-state index in [-0.39, 0.29) is 0 Å². The Morgan fingerprint density at radius 1 is 0.313 bits per heavy atom. The van der Waals surface area contributed by atoms with E-state index in [4.69, 9.17) is 19.4 Å². The Morgan fingerprint density at radius 3 is 1.58 bits per heavy atom. The molecular formula is C61H37N5O. The van der Waals surface area contributed by atoms with Gasteiger partial charge in [0.1, 0.15) is 11.2 Å². The van der Waals surface area contributed by atoms with E-state index in [9.17, 15) is 0 Å². The minimum atomic E-state index is 0.535. The normalized spacial score (nSPS) is 11.9. The molecule has 312 valence electrons. The second-order valence-corrected chi connectivity index (χ2v) is 17.2. The molecule has 4 heterocycles. The van der Waals surface area contributed by atoms with Gasteiger partial charge in [-0.25, -0.2) is 4.98 Å². The van der Waals surface area contributed by atoms with Crippen molar-refractivity contribution in [1.82, 2.24) is 24.1 Å². The third kappa shape index (κ3) is 5.86. The first kappa shape index (κ1) is 37.3. The quantitative estimate of drug-likeness (QED) is 0.167. The van der Waals surface area contributed by atoms with Crippen molar-refractivity contribution in [3.8, 4) is 56.7 Å². The maximum Gasteiger partial charge on any atom is 0.238 e. The summed E-state index contributed by atoms with van der Waals surface area (Å²) in [6, 6.07) is 79.2. The topological polar surface area (TPSA) is 61.7 Å². The van der Waals surface area contributed by atoms with Crippen LogP contribution in [0.5, 0.6) is 0 Å². The minimum absolute atomic E-state index is 0.535. The molecule has 0 aliphatic heterocycles. The lowest BCUT2D eigenvalue weighted by atomic mass is 10.0. The van der Waals surface area contributed by atoms with Gasteiger partial charge in [-0.1, -0.05) is 176 Å². The smallest absolute Gasteiger partial charge is 0.238 e. The van der Waals surface area contributed by atoms with Crippen LogP contribution in [0.15, 0.2) is 229 Å². The number of para-hydroxylation sites is 2. The Bertz CT molecular complexity index is 4240. The number of hydrogen-bond acceptors (Lipinski definition) is 4. The molecule has 0 aliphatic rings. The van der Waals surface area contributed by atoms with Crippen molar-refractivity contribution in [2.24, 2.45) is 0 Å². The zero-order valence-electron chi connectivity index (χ0n) is 36.0. The van der Waals surface area contributed by atoms with Gasteiger partial charge in [0, 0.05) is 54.5 Å². The predicted molar refractivity (Wildman–Crippen MR) is 275 cm³/mol. The molecule has 0 fully saturated rings. The van der Waals surface area contributed by atoms with Crippen LogP contribution in [-0.4, -0.2) is 24.1 Å². The first-order valence-electron chi connectivity index (χ1n) is 22.6. The number of aromatic nitrogens is 5. The fourth-order valence-electron chi connectivity index (χ4n) is 10.3. The Balaban J connectivity index is 1.02. The molecule has 0 radical (unpaired) electrons. The highest BCUT2D eigenvalue weighted by Crippen LogP contribution is 2.44. The molecule has 0 spiro atoms. The van der Waals surface area contributed by atoms with Crippen LogP contribution in [-0.2, 0) is 0 Å². The molecule has 0 atom stereocenters. The molecular weight excluding hydrogens is 819 g/mol. The van der Waals surface area contributed by atoms with Crippen molar-refractivity contribution in [1.29, 1.82) is 0 Å². The third-order valence-electron chi connectivity index (χ3n) is 13.4. The van der Waals surface area contributed by atoms with E-state index < -0.39 is 0 Å². The maximum absolute atomic E-state index is 6.39. The maximum atomic E-state index is 6.39. The molecule has 67 heavy (non-hydrogen) atoms. The lowest BCUT2D eigenvalue weighted by molar-refractivity contribution is 0.669. The van der Waals surface area contributed by atoms with Gasteiger partial charge >= 0.3 is 0 Å². The van der Waals surface area contributed by atoms with Gasteiger partial charge in [-0.15, -0.1) is 0 Å². The van der Waals surface area contributed by atoms with Gasteiger partial charge in [-0.2, -0.15) is 9.97 Å². The summed E-state index contributed by atoms with van der Waals surface area (Å²) in [6.07, 6.45) is 0. The van der Waals surface area contributed by atoms with E-state index in [1.54, 1.807) is 0 Å². The Labute approximate surface area is 384 Å². The predicted octanol–water partition coefficient (Wildman–Crippen LogP) is 15.8. The van der Waals surface area contributed by atoms with E-state index in [1.165, 1.54) is 38.2 Å². The van der Waals surface area contributed by atoms with Gasteiger partial charge in [0.25, 0.3) is 0 Å². The van der Waals surface area contributed by atoms with Gasteiger partial charge in [-0.3, -0.25) is 4.57 Å². The summed E-state index contributed by atoms with van der Waals surface area (Å²) >= 11 is 0. The van der Waals surface area contributed by atoms with Gasteiger partial charge in [0.2, 0.25) is 5.95 Å². The van der Waals surface area contributed by atoms with Crippen molar-refractivity contribution in [2.75, 3.05) is 0 Å². The number of benzene rings is 10. The molecule has 0 N–H and O–H groups in total. The molecule has 10 aromatic carbocycles. The second kappa shape index (κ2) is 14.7. The summed E-state index contributed by atoms with van der Waals surface area (Å²) < 4.78 is 11.0. The lowest BCUT2D eigenvalue weighted by Gasteiger charge is -2.12. The largest absolute Gasteiger partial charge is 0.456 e. The van der Waals surface area contributed by atoms with Crippen LogP contribution in [0.2, 0.25) is 0 Å². The molecule has 4 aromatic heterocycles. The van der Waals surface area contributed by atoms with Crippen LogP contribution in [0.4, 0.5) is 0 Å². The molecule has 14 rings (SSSR count). The first-order chi connectivity index (χ1) is 33.2. The second-order valence-electron chi connectivity index (χ2n) is 17.2. The summed E-state index contributed by atoms with van der Waals surface area (Å²) in [5.41, 5.74) is 13.4. The molecule has 0 unspecified atom stereocenters. The number of rotatable bonds is 6. The van der Waals surface area contributed by atoms with Crippen molar-refractivity contribution < 1.29 is 4.42 Å². The van der Waals surface area contributed by atoms with Crippen molar-refractivity contribution >= 4 is 76.3 Å². The summed E-state index contributed by atoms with van der Waals surface area (Å²) in [6.45, 7) is 0. The van der Waals surface area contributed by atoms with E-state index in [2.05, 4.69) is 209 Å². The van der Waals surface area contributed by atoms with Crippen molar-refractivity contribution in [3.05, 3.63) is 224 Å². The summed E-state index contributed by atoms with van der Waals surface area (Å²) in [5, 5.41) is 9.16. The van der Waals surface area contributed by atoms with Crippen LogP contribution >= 0.6 is 0 Å². The summed E-state index contributed by atoms with van der Waals surface area (Å²) in [7, 11) is 0. The van der Waals surface area contributed by atoms with Crippen molar-refractivity contribution in [2.45, 2.75) is 0 Å². The monoisotopic (exact) mass is 855 g/mol. The van der Waals surface area contributed by atoms with Crippen LogP contribution in [0.1, 0.15) is 0 Å². The Kier molecular flexibility index (Phi) is 8.18. The SMILES string of the molecule is c1ccc(-c2ccc(-c3nc(-c4ccc5c(c4)oc4ccccc45)nc(-n4c5ccccc5c5c6c7ccc8ccccc8c7n(-c7ccc(-c8ccccc8)cc7)c6ccc54)n3)cc2)cc1. The average molecular weight is 856 g/mol. The summed E-state index contributed by atoms with van der Waals surface area (Å²) in [4.78, 5) is 15.9. The summed E-state index contributed by atoms with van der Waals surface area (Å²) in [5.74, 6) is 1.68.